The summed E-state index contributed by atoms with van der Waals surface area (Å²) in [6.45, 7) is 2.77. The maximum Gasteiger partial charge on any atom is 0.232 e. The van der Waals surface area contributed by atoms with E-state index in [1.807, 2.05) is 36.4 Å². The zero-order chi connectivity index (χ0) is 16.4. The molecule has 2 aliphatic rings. The molecule has 1 aromatic carbocycles. The number of hydrogen-bond donors (Lipinski definition) is 1. The molecular weight excluding hydrogens is 300 g/mol. The quantitative estimate of drug-likeness (QED) is 0.943. The van der Waals surface area contributed by atoms with Gasteiger partial charge in [-0.1, -0.05) is 30.3 Å². The standard InChI is InChI=1S/C19H22N4O/c24-18-16(14-6-10-20-11-7-14)9-13-23(18)19-21-12-8-17(22-19)15-4-2-1-3-5-15/h1-5,8,12,14,16,20H,6-7,9-11,13H2. The van der Waals surface area contributed by atoms with Crippen LogP contribution in [0, 0.1) is 11.8 Å². The maximum absolute atomic E-state index is 12.9. The molecule has 5 nitrogen and oxygen atoms in total. The Labute approximate surface area is 142 Å². The van der Waals surface area contributed by atoms with Gasteiger partial charge in [0.05, 0.1) is 5.69 Å². The fraction of sp³-hybridized carbons (Fsp3) is 0.421. The molecule has 24 heavy (non-hydrogen) atoms. The van der Waals surface area contributed by atoms with E-state index in [0.29, 0.717) is 11.9 Å². The highest BCUT2D eigenvalue weighted by Gasteiger charge is 2.39. The summed E-state index contributed by atoms with van der Waals surface area (Å²) in [4.78, 5) is 23.7. The molecule has 0 aliphatic carbocycles. The molecule has 2 fully saturated rings. The van der Waals surface area contributed by atoms with E-state index in [2.05, 4.69) is 15.3 Å². The number of carbonyl (C=O) groups excluding carboxylic acids is 1. The molecule has 2 aliphatic heterocycles. The third-order valence-electron chi connectivity index (χ3n) is 5.15. The van der Waals surface area contributed by atoms with Crippen LogP contribution in [0.4, 0.5) is 5.95 Å². The van der Waals surface area contributed by atoms with Crippen LogP contribution in [0.25, 0.3) is 11.3 Å². The van der Waals surface area contributed by atoms with Gasteiger partial charge in [-0.2, -0.15) is 0 Å². The van der Waals surface area contributed by atoms with Crippen LogP contribution in [0.5, 0.6) is 0 Å². The molecule has 1 unspecified atom stereocenters. The molecule has 2 aromatic rings. The van der Waals surface area contributed by atoms with E-state index in [1.165, 1.54) is 0 Å². The Morgan fingerprint density at radius 3 is 2.62 bits per heavy atom. The van der Waals surface area contributed by atoms with Crippen LogP contribution in [0.3, 0.4) is 0 Å². The summed E-state index contributed by atoms with van der Waals surface area (Å²) in [5.41, 5.74) is 1.90. The van der Waals surface area contributed by atoms with Gasteiger partial charge in [-0.15, -0.1) is 0 Å². The summed E-state index contributed by atoms with van der Waals surface area (Å²) < 4.78 is 0. The molecule has 0 radical (unpaired) electrons. The number of amides is 1. The average molecular weight is 322 g/mol. The Bertz CT molecular complexity index is 712. The van der Waals surface area contributed by atoms with Gasteiger partial charge in [0.2, 0.25) is 11.9 Å². The van der Waals surface area contributed by atoms with Crippen LogP contribution >= 0.6 is 0 Å². The number of anilines is 1. The number of aromatic nitrogens is 2. The van der Waals surface area contributed by atoms with Gasteiger partial charge in [-0.05, 0) is 44.3 Å². The predicted octanol–water partition coefficient (Wildman–Crippen LogP) is 2.50. The van der Waals surface area contributed by atoms with Gasteiger partial charge in [-0.3, -0.25) is 9.69 Å². The minimum absolute atomic E-state index is 0.135. The molecule has 0 spiro atoms. The number of hydrogen-bond acceptors (Lipinski definition) is 4. The van der Waals surface area contributed by atoms with Crippen LogP contribution in [0.1, 0.15) is 19.3 Å². The Morgan fingerprint density at radius 1 is 1.04 bits per heavy atom. The molecule has 3 heterocycles. The third kappa shape index (κ3) is 2.91. The topological polar surface area (TPSA) is 58.1 Å². The highest BCUT2D eigenvalue weighted by molar-refractivity contribution is 5.96. The number of benzene rings is 1. The van der Waals surface area contributed by atoms with E-state index in [-0.39, 0.29) is 11.8 Å². The lowest BCUT2D eigenvalue weighted by Crippen LogP contribution is -2.36. The first-order valence-electron chi connectivity index (χ1n) is 8.73. The first-order valence-corrected chi connectivity index (χ1v) is 8.73. The van der Waals surface area contributed by atoms with Crippen molar-refractivity contribution >= 4 is 11.9 Å². The molecule has 4 rings (SSSR count). The number of nitrogens with zero attached hydrogens (tertiary/aromatic N) is 3. The van der Waals surface area contributed by atoms with E-state index in [4.69, 9.17) is 0 Å². The van der Waals surface area contributed by atoms with Crippen LogP contribution in [0.2, 0.25) is 0 Å². The van der Waals surface area contributed by atoms with Crippen molar-refractivity contribution in [3.05, 3.63) is 42.6 Å². The van der Waals surface area contributed by atoms with E-state index < -0.39 is 0 Å². The lowest BCUT2D eigenvalue weighted by molar-refractivity contribution is -0.122. The van der Waals surface area contributed by atoms with Gasteiger partial charge in [-0.25, -0.2) is 9.97 Å². The van der Waals surface area contributed by atoms with Crippen LogP contribution < -0.4 is 10.2 Å². The van der Waals surface area contributed by atoms with Gasteiger partial charge >= 0.3 is 0 Å². The zero-order valence-corrected chi connectivity index (χ0v) is 13.7. The average Bonchev–Trinajstić information content (AvgIpc) is 3.05. The van der Waals surface area contributed by atoms with Crippen molar-refractivity contribution in [3.63, 3.8) is 0 Å². The molecule has 0 bridgehead atoms. The second kappa shape index (κ2) is 6.69. The minimum atomic E-state index is 0.135. The molecule has 1 amide bonds. The summed E-state index contributed by atoms with van der Waals surface area (Å²) >= 11 is 0. The smallest absolute Gasteiger partial charge is 0.232 e. The fourth-order valence-electron chi connectivity index (χ4n) is 3.83. The van der Waals surface area contributed by atoms with Crippen molar-refractivity contribution in [2.24, 2.45) is 11.8 Å². The lowest BCUT2D eigenvalue weighted by Gasteiger charge is -2.26. The Balaban J connectivity index is 1.55. The number of piperidine rings is 1. The summed E-state index contributed by atoms with van der Waals surface area (Å²) in [6, 6.07) is 11.9. The van der Waals surface area contributed by atoms with E-state index in [1.54, 1.807) is 11.1 Å². The van der Waals surface area contributed by atoms with E-state index in [0.717, 1.165) is 50.2 Å². The van der Waals surface area contributed by atoms with Crippen LogP contribution in [-0.2, 0) is 4.79 Å². The first-order chi connectivity index (χ1) is 11.8. The molecule has 1 N–H and O–H groups in total. The SMILES string of the molecule is O=C1C(C2CCNCC2)CCN1c1nccc(-c2ccccc2)n1. The molecule has 5 heteroatoms. The molecular formula is C19H22N4O. The first kappa shape index (κ1) is 15.3. The largest absolute Gasteiger partial charge is 0.317 e. The second-order valence-electron chi connectivity index (χ2n) is 6.58. The number of carbonyl (C=O) groups is 1. The molecule has 124 valence electrons. The summed E-state index contributed by atoms with van der Waals surface area (Å²) in [7, 11) is 0. The van der Waals surface area contributed by atoms with Crippen molar-refractivity contribution in [2.75, 3.05) is 24.5 Å². The zero-order valence-electron chi connectivity index (χ0n) is 13.7. The third-order valence-corrected chi connectivity index (χ3v) is 5.15. The summed E-state index contributed by atoms with van der Waals surface area (Å²) in [6.07, 6.45) is 4.85. The Kier molecular flexibility index (Phi) is 4.26. The lowest BCUT2D eigenvalue weighted by atomic mass is 9.84. The van der Waals surface area contributed by atoms with Crippen molar-refractivity contribution in [2.45, 2.75) is 19.3 Å². The van der Waals surface area contributed by atoms with Crippen molar-refractivity contribution < 1.29 is 4.79 Å². The molecule has 0 saturated carbocycles. The van der Waals surface area contributed by atoms with Crippen LogP contribution in [-0.4, -0.2) is 35.5 Å². The summed E-state index contributed by atoms with van der Waals surface area (Å²) in [5.74, 6) is 1.38. The predicted molar refractivity (Wildman–Crippen MR) is 93.5 cm³/mol. The van der Waals surface area contributed by atoms with Crippen molar-refractivity contribution in [1.82, 2.24) is 15.3 Å². The van der Waals surface area contributed by atoms with Crippen molar-refractivity contribution in [1.29, 1.82) is 0 Å². The Hall–Kier alpha value is -2.27. The maximum atomic E-state index is 12.9. The normalized spacial score (nSPS) is 22.1. The minimum Gasteiger partial charge on any atom is -0.317 e. The highest BCUT2D eigenvalue weighted by atomic mass is 16.2. The highest BCUT2D eigenvalue weighted by Crippen LogP contribution is 2.33. The van der Waals surface area contributed by atoms with Gasteiger partial charge < -0.3 is 5.32 Å². The van der Waals surface area contributed by atoms with E-state index in [9.17, 15) is 4.79 Å². The van der Waals surface area contributed by atoms with Crippen molar-refractivity contribution in [3.8, 4) is 11.3 Å². The molecule has 1 aromatic heterocycles. The molecule has 2 saturated heterocycles. The van der Waals surface area contributed by atoms with Gasteiger partial charge in [0.25, 0.3) is 0 Å². The summed E-state index contributed by atoms with van der Waals surface area (Å²) in [5, 5.41) is 3.37. The molecule has 1 atom stereocenters. The fourth-order valence-corrected chi connectivity index (χ4v) is 3.83. The van der Waals surface area contributed by atoms with Crippen LogP contribution in [0.15, 0.2) is 42.6 Å². The second-order valence-corrected chi connectivity index (χ2v) is 6.58. The van der Waals surface area contributed by atoms with Gasteiger partial charge in [0.15, 0.2) is 0 Å². The Morgan fingerprint density at radius 2 is 1.83 bits per heavy atom. The monoisotopic (exact) mass is 322 g/mol. The van der Waals surface area contributed by atoms with E-state index >= 15 is 0 Å². The van der Waals surface area contributed by atoms with Gasteiger partial charge in [0.1, 0.15) is 0 Å². The van der Waals surface area contributed by atoms with Gasteiger partial charge in [0, 0.05) is 24.2 Å². The number of rotatable bonds is 3. The number of nitrogens with one attached hydrogen (secondary N) is 1.